The molecule has 0 N–H and O–H groups in total. The number of hydrogen-bond acceptors (Lipinski definition) is 5. The van der Waals surface area contributed by atoms with Gasteiger partial charge in [-0.25, -0.2) is 4.39 Å². The van der Waals surface area contributed by atoms with Crippen LogP contribution in [0.4, 0.5) is 4.39 Å². The van der Waals surface area contributed by atoms with Crippen molar-refractivity contribution in [3.05, 3.63) is 53.3 Å². The Bertz CT molecular complexity index is 715. The first-order valence-electron chi connectivity index (χ1n) is 5.67. The zero-order chi connectivity index (χ0) is 13.9. The maximum Gasteiger partial charge on any atom is 0.293 e. The van der Waals surface area contributed by atoms with Crippen LogP contribution in [0.2, 0.25) is 5.02 Å². The van der Waals surface area contributed by atoms with E-state index in [0.717, 1.165) is 4.90 Å². The van der Waals surface area contributed by atoms with Crippen molar-refractivity contribution in [3.63, 3.8) is 0 Å². The van der Waals surface area contributed by atoms with Crippen molar-refractivity contribution in [2.75, 3.05) is 0 Å². The second-order valence-corrected chi connectivity index (χ2v) is 5.31. The summed E-state index contributed by atoms with van der Waals surface area (Å²) < 4.78 is 23.3. The molecule has 0 aliphatic carbocycles. The summed E-state index contributed by atoms with van der Waals surface area (Å²) in [6.07, 6.45) is 1.54. The predicted octanol–water partition coefficient (Wildman–Crippen LogP) is 4.41. The van der Waals surface area contributed by atoms with E-state index in [0.29, 0.717) is 23.2 Å². The highest BCUT2D eigenvalue weighted by atomic mass is 35.5. The third kappa shape index (κ3) is 2.86. The zero-order valence-electron chi connectivity index (χ0n) is 10.0. The zero-order valence-corrected chi connectivity index (χ0v) is 11.6. The smallest absolute Gasteiger partial charge is 0.293 e. The molecule has 0 bridgehead atoms. The second kappa shape index (κ2) is 5.68. The molecule has 3 aromatic rings. The molecule has 0 fully saturated rings. The molecule has 0 atom stereocenters. The lowest BCUT2D eigenvalue weighted by atomic mass is 10.3. The quantitative estimate of drug-likeness (QED) is 0.668. The molecule has 0 radical (unpaired) electrons. The van der Waals surface area contributed by atoms with E-state index in [2.05, 4.69) is 10.1 Å². The van der Waals surface area contributed by atoms with Gasteiger partial charge >= 0.3 is 0 Å². The number of thioether (sulfide) groups is 1. The van der Waals surface area contributed by atoms with Crippen molar-refractivity contribution in [2.45, 2.75) is 10.6 Å². The Morgan fingerprint density at radius 3 is 2.95 bits per heavy atom. The van der Waals surface area contributed by atoms with Crippen molar-refractivity contribution in [3.8, 4) is 11.7 Å². The van der Waals surface area contributed by atoms with Crippen LogP contribution in [0.25, 0.3) is 11.7 Å². The summed E-state index contributed by atoms with van der Waals surface area (Å²) in [5.74, 6) is 1.45. The first kappa shape index (κ1) is 13.2. The molecule has 0 unspecified atom stereocenters. The summed E-state index contributed by atoms with van der Waals surface area (Å²) in [5.41, 5.74) is 0. The summed E-state index contributed by atoms with van der Waals surface area (Å²) in [6, 6.07) is 8.03. The largest absolute Gasteiger partial charge is 0.459 e. The highest BCUT2D eigenvalue weighted by molar-refractivity contribution is 7.98. The highest BCUT2D eigenvalue weighted by Gasteiger charge is 2.11. The Morgan fingerprint density at radius 1 is 1.30 bits per heavy atom. The Morgan fingerprint density at radius 2 is 2.20 bits per heavy atom. The van der Waals surface area contributed by atoms with Gasteiger partial charge in [0, 0.05) is 4.90 Å². The van der Waals surface area contributed by atoms with Gasteiger partial charge in [0.2, 0.25) is 0 Å². The number of furan rings is 1. The molecule has 0 aliphatic heterocycles. The van der Waals surface area contributed by atoms with Gasteiger partial charge in [0.15, 0.2) is 11.6 Å². The minimum Gasteiger partial charge on any atom is -0.459 e. The van der Waals surface area contributed by atoms with Gasteiger partial charge in [-0.3, -0.25) is 0 Å². The molecule has 1 aromatic carbocycles. The third-order valence-electron chi connectivity index (χ3n) is 2.46. The van der Waals surface area contributed by atoms with E-state index in [1.807, 2.05) is 0 Å². The van der Waals surface area contributed by atoms with Crippen molar-refractivity contribution in [1.82, 2.24) is 10.1 Å². The molecule has 0 amide bonds. The fourth-order valence-electron chi connectivity index (χ4n) is 1.53. The van der Waals surface area contributed by atoms with Crippen LogP contribution in [-0.2, 0) is 5.75 Å². The third-order valence-corrected chi connectivity index (χ3v) is 3.74. The van der Waals surface area contributed by atoms with Crippen LogP contribution in [0.5, 0.6) is 0 Å². The van der Waals surface area contributed by atoms with E-state index < -0.39 is 5.82 Å². The van der Waals surface area contributed by atoms with Crippen LogP contribution < -0.4 is 0 Å². The lowest BCUT2D eigenvalue weighted by Gasteiger charge is -1.99. The Balaban J connectivity index is 1.68. The molecule has 0 aliphatic rings. The van der Waals surface area contributed by atoms with E-state index in [4.69, 9.17) is 20.5 Å². The van der Waals surface area contributed by atoms with Gasteiger partial charge in [-0.1, -0.05) is 16.8 Å². The van der Waals surface area contributed by atoms with Gasteiger partial charge in [0.05, 0.1) is 17.0 Å². The minimum absolute atomic E-state index is 0.0967. The molecule has 2 aromatic heterocycles. The van der Waals surface area contributed by atoms with Gasteiger partial charge in [-0.2, -0.15) is 4.98 Å². The van der Waals surface area contributed by atoms with Crippen molar-refractivity contribution < 1.29 is 13.3 Å². The molecule has 3 rings (SSSR count). The van der Waals surface area contributed by atoms with Crippen LogP contribution in [0.1, 0.15) is 5.82 Å². The Labute approximate surface area is 122 Å². The molecule has 20 heavy (non-hydrogen) atoms. The topological polar surface area (TPSA) is 52.1 Å². The minimum atomic E-state index is -0.435. The van der Waals surface area contributed by atoms with Crippen LogP contribution in [-0.4, -0.2) is 10.1 Å². The highest BCUT2D eigenvalue weighted by Crippen LogP contribution is 2.27. The van der Waals surface area contributed by atoms with E-state index in [1.54, 1.807) is 24.3 Å². The van der Waals surface area contributed by atoms with Gasteiger partial charge in [-0.15, -0.1) is 11.8 Å². The van der Waals surface area contributed by atoms with Gasteiger partial charge in [-0.05, 0) is 30.3 Å². The fraction of sp³-hybridized carbons (Fsp3) is 0.0769. The summed E-state index contributed by atoms with van der Waals surface area (Å²) in [7, 11) is 0. The average Bonchev–Trinajstić information content (AvgIpc) is 3.09. The number of aromatic nitrogens is 2. The number of benzene rings is 1. The van der Waals surface area contributed by atoms with Gasteiger partial charge in [0.1, 0.15) is 5.82 Å². The maximum absolute atomic E-state index is 13.0. The molecular weight excluding hydrogens is 303 g/mol. The number of hydrogen-bond donors (Lipinski definition) is 0. The summed E-state index contributed by atoms with van der Waals surface area (Å²) in [4.78, 5) is 5.04. The fourth-order valence-corrected chi connectivity index (χ4v) is 2.55. The lowest BCUT2D eigenvalue weighted by Crippen LogP contribution is -1.85. The molecule has 4 nitrogen and oxygen atoms in total. The van der Waals surface area contributed by atoms with E-state index in [1.165, 1.54) is 24.1 Å². The van der Waals surface area contributed by atoms with Crippen molar-refractivity contribution >= 4 is 23.4 Å². The predicted molar refractivity (Wildman–Crippen MR) is 73.0 cm³/mol. The van der Waals surface area contributed by atoms with E-state index in [9.17, 15) is 4.39 Å². The van der Waals surface area contributed by atoms with Gasteiger partial charge < -0.3 is 8.94 Å². The Kier molecular flexibility index (Phi) is 3.75. The van der Waals surface area contributed by atoms with Gasteiger partial charge in [0.25, 0.3) is 5.89 Å². The second-order valence-electron chi connectivity index (χ2n) is 3.86. The van der Waals surface area contributed by atoms with E-state index in [-0.39, 0.29) is 5.02 Å². The first-order chi connectivity index (χ1) is 9.72. The average molecular weight is 311 g/mol. The number of rotatable bonds is 4. The maximum atomic E-state index is 13.0. The van der Waals surface area contributed by atoms with Crippen molar-refractivity contribution in [2.24, 2.45) is 0 Å². The van der Waals surface area contributed by atoms with Crippen LogP contribution in [0.15, 0.2) is 50.4 Å². The molecule has 0 spiro atoms. The van der Waals surface area contributed by atoms with E-state index >= 15 is 0 Å². The molecule has 7 heteroatoms. The lowest BCUT2D eigenvalue weighted by molar-refractivity contribution is 0.411. The molecule has 0 saturated carbocycles. The van der Waals surface area contributed by atoms with Crippen LogP contribution in [0, 0.1) is 5.82 Å². The molecular formula is C13H8ClFN2O2S. The molecule has 0 saturated heterocycles. The first-order valence-corrected chi connectivity index (χ1v) is 7.03. The van der Waals surface area contributed by atoms with Crippen molar-refractivity contribution in [1.29, 1.82) is 0 Å². The summed E-state index contributed by atoms with van der Waals surface area (Å²) in [5, 5.41) is 3.95. The summed E-state index contributed by atoms with van der Waals surface area (Å²) >= 11 is 7.16. The Hall–Kier alpha value is -1.79. The number of halogens is 2. The summed E-state index contributed by atoms with van der Waals surface area (Å²) in [6.45, 7) is 0. The van der Waals surface area contributed by atoms with Crippen LogP contribution >= 0.6 is 23.4 Å². The molecule has 2 heterocycles. The van der Waals surface area contributed by atoms with Crippen LogP contribution in [0.3, 0.4) is 0 Å². The SMILES string of the molecule is Fc1ccc(SCc2noc(-c3ccco3)n2)cc1Cl. The monoisotopic (exact) mass is 310 g/mol. The normalized spacial score (nSPS) is 10.9. The molecule has 102 valence electrons. The standard InChI is InChI=1S/C13H8ClFN2O2S/c14-9-6-8(3-4-10(9)15)20-7-12-16-13(19-17-12)11-2-1-5-18-11/h1-6H,7H2. The number of nitrogens with zero attached hydrogens (tertiary/aromatic N) is 2.